The molecule has 1 saturated heterocycles. The lowest BCUT2D eigenvalue weighted by Gasteiger charge is -2.12. The second-order valence-corrected chi connectivity index (χ2v) is 3.72. The molecule has 1 fully saturated rings. The molecule has 80 valence electrons. The van der Waals surface area contributed by atoms with E-state index in [0.29, 0.717) is 5.56 Å². The van der Waals surface area contributed by atoms with Gasteiger partial charge in [0, 0.05) is 6.42 Å². The monoisotopic (exact) mass is 206 g/mol. The second kappa shape index (κ2) is 4.45. The normalized spacial score (nSPS) is 25.1. The highest BCUT2D eigenvalue weighted by Gasteiger charge is 2.25. The van der Waals surface area contributed by atoms with Gasteiger partial charge in [-0.2, -0.15) is 0 Å². The van der Waals surface area contributed by atoms with Crippen LogP contribution in [0.15, 0.2) is 30.3 Å². The molecule has 0 N–H and O–H groups in total. The molecule has 1 heterocycles. The van der Waals surface area contributed by atoms with Gasteiger partial charge in [-0.15, -0.1) is 0 Å². The van der Waals surface area contributed by atoms with E-state index in [0.717, 1.165) is 12.8 Å². The van der Waals surface area contributed by atoms with Crippen molar-refractivity contribution in [3.8, 4) is 0 Å². The highest BCUT2D eigenvalue weighted by atomic mass is 16.7. The van der Waals surface area contributed by atoms with E-state index in [1.54, 1.807) is 12.1 Å². The van der Waals surface area contributed by atoms with E-state index >= 15 is 0 Å². The molecule has 0 amide bonds. The third-order valence-corrected chi connectivity index (χ3v) is 2.44. The van der Waals surface area contributed by atoms with Gasteiger partial charge in [0.2, 0.25) is 6.29 Å². The summed E-state index contributed by atoms with van der Waals surface area (Å²) in [6, 6.07) is 8.97. The largest absolute Gasteiger partial charge is 0.432 e. The molecule has 0 aliphatic carbocycles. The maximum Gasteiger partial charge on any atom is 0.340 e. The number of carbonyl (C=O) groups excluding carboxylic acids is 1. The Hall–Kier alpha value is -1.35. The van der Waals surface area contributed by atoms with Crippen molar-refractivity contribution in [1.82, 2.24) is 0 Å². The predicted molar refractivity (Wildman–Crippen MR) is 55.4 cm³/mol. The minimum absolute atomic E-state index is 0.193. The highest BCUT2D eigenvalue weighted by molar-refractivity contribution is 5.89. The van der Waals surface area contributed by atoms with Crippen LogP contribution in [0.25, 0.3) is 0 Å². The van der Waals surface area contributed by atoms with Crippen molar-refractivity contribution < 1.29 is 14.3 Å². The molecule has 0 aromatic heterocycles. The van der Waals surface area contributed by atoms with Crippen LogP contribution in [0.3, 0.4) is 0 Å². The quantitative estimate of drug-likeness (QED) is 0.697. The maximum absolute atomic E-state index is 11.6. The van der Waals surface area contributed by atoms with Crippen molar-refractivity contribution in [3.05, 3.63) is 35.9 Å². The van der Waals surface area contributed by atoms with Crippen LogP contribution >= 0.6 is 0 Å². The first-order chi connectivity index (χ1) is 7.25. The van der Waals surface area contributed by atoms with Crippen LogP contribution in [0, 0.1) is 0 Å². The van der Waals surface area contributed by atoms with Crippen molar-refractivity contribution in [2.24, 2.45) is 0 Å². The summed E-state index contributed by atoms with van der Waals surface area (Å²) in [5.41, 5.74) is 0.570. The molecule has 1 aliphatic rings. The molecule has 0 saturated carbocycles. The fourth-order valence-electron chi connectivity index (χ4n) is 1.61. The number of rotatable bonds is 2. The molecule has 15 heavy (non-hydrogen) atoms. The topological polar surface area (TPSA) is 35.5 Å². The Kier molecular flexibility index (Phi) is 3.02. The van der Waals surface area contributed by atoms with Crippen LogP contribution < -0.4 is 0 Å². The Labute approximate surface area is 89.0 Å². The number of hydrogen-bond acceptors (Lipinski definition) is 3. The van der Waals surface area contributed by atoms with Crippen LogP contribution in [0.1, 0.15) is 30.1 Å². The number of ether oxygens (including phenoxy) is 2. The Balaban J connectivity index is 1.93. The van der Waals surface area contributed by atoms with Gasteiger partial charge < -0.3 is 9.47 Å². The van der Waals surface area contributed by atoms with Crippen molar-refractivity contribution in [3.63, 3.8) is 0 Å². The zero-order chi connectivity index (χ0) is 10.7. The smallest absolute Gasteiger partial charge is 0.340 e. The summed E-state index contributed by atoms with van der Waals surface area (Å²) in [6.07, 6.45) is 1.57. The van der Waals surface area contributed by atoms with Crippen LogP contribution in [0.2, 0.25) is 0 Å². The Morgan fingerprint density at radius 2 is 2.07 bits per heavy atom. The van der Waals surface area contributed by atoms with Gasteiger partial charge in [-0.3, -0.25) is 0 Å². The molecule has 2 rings (SSSR count). The lowest BCUT2D eigenvalue weighted by Crippen LogP contribution is -2.18. The second-order valence-electron chi connectivity index (χ2n) is 3.72. The fourth-order valence-corrected chi connectivity index (χ4v) is 1.61. The minimum Gasteiger partial charge on any atom is -0.432 e. The maximum atomic E-state index is 11.6. The van der Waals surface area contributed by atoms with E-state index in [9.17, 15) is 4.79 Å². The van der Waals surface area contributed by atoms with Gasteiger partial charge in [0.15, 0.2) is 0 Å². The van der Waals surface area contributed by atoms with E-state index < -0.39 is 0 Å². The zero-order valence-corrected chi connectivity index (χ0v) is 8.68. The average Bonchev–Trinajstić information content (AvgIpc) is 2.65. The van der Waals surface area contributed by atoms with Gasteiger partial charge in [0.1, 0.15) is 0 Å². The van der Waals surface area contributed by atoms with E-state index in [4.69, 9.17) is 9.47 Å². The predicted octanol–water partition coefficient (Wildman–Crippen LogP) is 2.37. The third-order valence-electron chi connectivity index (χ3n) is 2.44. The van der Waals surface area contributed by atoms with Crippen LogP contribution in [0.4, 0.5) is 0 Å². The van der Waals surface area contributed by atoms with Crippen molar-refractivity contribution in [2.75, 3.05) is 0 Å². The molecule has 3 nitrogen and oxygen atoms in total. The Morgan fingerprint density at radius 3 is 2.67 bits per heavy atom. The number of hydrogen-bond donors (Lipinski definition) is 0. The van der Waals surface area contributed by atoms with Gasteiger partial charge in [0.25, 0.3) is 0 Å². The van der Waals surface area contributed by atoms with Crippen LogP contribution in [-0.2, 0) is 9.47 Å². The molecule has 2 unspecified atom stereocenters. The summed E-state index contributed by atoms with van der Waals surface area (Å²) < 4.78 is 10.6. The average molecular weight is 206 g/mol. The zero-order valence-electron chi connectivity index (χ0n) is 8.68. The molecule has 1 aliphatic heterocycles. The lowest BCUT2D eigenvalue weighted by molar-refractivity contribution is -0.0977. The minimum atomic E-state index is -0.368. The van der Waals surface area contributed by atoms with E-state index in [2.05, 4.69) is 0 Å². The summed E-state index contributed by atoms with van der Waals surface area (Å²) >= 11 is 0. The van der Waals surface area contributed by atoms with Crippen molar-refractivity contribution in [2.45, 2.75) is 32.2 Å². The molecule has 0 spiro atoms. The van der Waals surface area contributed by atoms with Gasteiger partial charge in [-0.1, -0.05) is 18.2 Å². The molecule has 0 bridgehead atoms. The number of benzene rings is 1. The number of carbonyl (C=O) groups is 1. The molecular weight excluding hydrogens is 192 g/mol. The van der Waals surface area contributed by atoms with Crippen molar-refractivity contribution >= 4 is 5.97 Å². The SMILES string of the molecule is CC1CCC(OC(=O)c2ccccc2)O1. The van der Waals surface area contributed by atoms with Crippen LogP contribution in [0.5, 0.6) is 0 Å². The molecule has 1 aromatic carbocycles. The standard InChI is InChI=1S/C12H14O3/c1-9-7-8-11(14-9)15-12(13)10-5-3-2-4-6-10/h2-6,9,11H,7-8H2,1H3. The van der Waals surface area contributed by atoms with E-state index in [1.807, 2.05) is 25.1 Å². The van der Waals surface area contributed by atoms with E-state index in [1.165, 1.54) is 0 Å². The van der Waals surface area contributed by atoms with Gasteiger partial charge in [-0.05, 0) is 25.5 Å². The summed E-state index contributed by atoms with van der Waals surface area (Å²) in [7, 11) is 0. The summed E-state index contributed by atoms with van der Waals surface area (Å²) in [5, 5.41) is 0. The summed E-state index contributed by atoms with van der Waals surface area (Å²) in [6.45, 7) is 1.98. The highest BCUT2D eigenvalue weighted by Crippen LogP contribution is 2.20. The first-order valence-corrected chi connectivity index (χ1v) is 5.17. The van der Waals surface area contributed by atoms with Crippen LogP contribution in [-0.4, -0.2) is 18.4 Å². The Morgan fingerprint density at radius 1 is 1.33 bits per heavy atom. The fraction of sp³-hybridized carbons (Fsp3) is 0.417. The first-order valence-electron chi connectivity index (χ1n) is 5.17. The first kappa shape index (κ1) is 10.2. The molecule has 2 atom stereocenters. The third kappa shape index (κ3) is 2.57. The summed E-state index contributed by atoms with van der Waals surface area (Å²) in [5.74, 6) is -0.310. The molecule has 3 heteroatoms. The van der Waals surface area contributed by atoms with Gasteiger partial charge >= 0.3 is 5.97 Å². The molecular formula is C12H14O3. The van der Waals surface area contributed by atoms with E-state index in [-0.39, 0.29) is 18.4 Å². The summed E-state index contributed by atoms with van der Waals surface area (Å²) in [4.78, 5) is 11.6. The van der Waals surface area contributed by atoms with Gasteiger partial charge in [0.05, 0.1) is 11.7 Å². The Bertz CT molecular complexity index is 334. The molecule has 1 aromatic rings. The molecule has 0 radical (unpaired) electrons. The lowest BCUT2D eigenvalue weighted by atomic mass is 10.2. The van der Waals surface area contributed by atoms with Crippen molar-refractivity contribution in [1.29, 1.82) is 0 Å². The number of esters is 1. The van der Waals surface area contributed by atoms with Gasteiger partial charge in [-0.25, -0.2) is 4.79 Å².